The van der Waals surface area contributed by atoms with Gasteiger partial charge in [0.2, 0.25) is 0 Å². The Morgan fingerprint density at radius 3 is 1.92 bits per heavy atom. The van der Waals surface area contributed by atoms with Crippen LogP contribution in [0.4, 0.5) is 17.6 Å². The molecule has 0 nitrogen and oxygen atoms in total. The molecular formula is C20H24F4. The van der Waals surface area contributed by atoms with Gasteiger partial charge in [-0.1, -0.05) is 33.3 Å². The molecule has 0 atom stereocenters. The maximum atomic E-state index is 14.4. The second kappa shape index (κ2) is 7.37. The molecule has 0 amide bonds. The molecule has 1 aliphatic rings. The van der Waals surface area contributed by atoms with Gasteiger partial charge < -0.3 is 0 Å². The number of benzene rings is 2. The topological polar surface area (TPSA) is 0 Å². The molecule has 0 aliphatic heterocycles. The maximum Gasteiger partial charge on any atom is 0.159 e. The third-order valence-electron chi connectivity index (χ3n) is 4.76. The van der Waals surface area contributed by atoms with Gasteiger partial charge in [-0.25, -0.2) is 17.6 Å². The molecule has 0 N–H and O–H groups in total. The van der Waals surface area contributed by atoms with E-state index in [0.717, 1.165) is 37.8 Å². The number of halogens is 4. The van der Waals surface area contributed by atoms with Gasteiger partial charge >= 0.3 is 0 Å². The van der Waals surface area contributed by atoms with Gasteiger partial charge in [0.15, 0.2) is 11.6 Å². The van der Waals surface area contributed by atoms with Crippen molar-refractivity contribution >= 4 is 0 Å². The van der Waals surface area contributed by atoms with Crippen molar-refractivity contribution in [2.75, 3.05) is 0 Å². The van der Waals surface area contributed by atoms with E-state index in [9.17, 15) is 17.6 Å². The van der Waals surface area contributed by atoms with Crippen LogP contribution in [0.15, 0.2) is 30.3 Å². The zero-order chi connectivity index (χ0) is 16.6. The van der Waals surface area contributed by atoms with Gasteiger partial charge in [0.1, 0.15) is 11.6 Å². The van der Waals surface area contributed by atoms with E-state index in [1.54, 1.807) is 0 Å². The lowest BCUT2D eigenvalue weighted by Crippen LogP contribution is -2.11. The molecule has 24 heavy (non-hydrogen) atoms. The normalized spacial score (nSPS) is 20.5. The first-order valence-corrected chi connectivity index (χ1v) is 7.90. The highest BCUT2D eigenvalue weighted by Crippen LogP contribution is 2.38. The summed E-state index contributed by atoms with van der Waals surface area (Å²) in [7, 11) is 0. The van der Waals surface area contributed by atoms with Crippen molar-refractivity contribution in [1.29, 1.82) is 0 Å². The summed E-state index contributed by atoms with van der Waals surface area (Å²) in [5.74, 6) is -2.81. The van der Waals surface area contributed by atoms with E-state index >= 15 is 0 Å². The van der Waals surface area contributed by atoms with Gasteiger partial charge in [0.25, 0.3) is 0 Å². The zero-order valence-electron chi connectivity index (χ0n) is 12.9. The van der Waals surface area contributed by atoms with Crippen LogP contribution >= 0.6 is 0 Å². The van der Waals surface area contributed by atoms with E-state index < -0.39 is 23.3 Å². The van der Waals surface area contributed by atoms with Crippen LogP contribution in [0.2, 0.25) is 0 Å². The molecule has 0 unspecified atom stereocenters. The first-order chi connectivity index (χ1) is 11.0. The average molecular weight is 340 g/mol. The van der Waals surface area contributed by atoms with Crippen LogP contribution in [0, 0.1) is 29.2 Å². The Morgan fingerprint density at radius 2 is 1.38 bits per heavy atom. The van der Waals surface area contributed by atoms with Gasteiger partial charge in [-0.15, -0.1) is 0 Å². The van der Waals surface area contributed by atoms with Gasteiger partial charge in [-0.2, -0.15) is 0 Å². The summed E-state index contributed by atoms with van der Waals surface area (Å²) in [6.45, 7) is 2.18. The molecule has 2 aromatic carbocycles. The summed E-state index contributed by atoms with van der Waals surface area (Å²) in [6, 6.07) is 5.54. The van der Waals surface area contributed by atoms with Crippen LogP contribution in [0.5, 0.6) is 0 Å². The van der Waals surface area contributed by atoms with Gasteiger partial charge in [-0.3, -0.25) is 0 Å². The molecule has 0 bridgehead atoms. The standard InChI is InChI=1S/C19H18F4.CH4.H2/c1-11-2-4-12(5-3-11)14-9-17(22)19(18(23)10-14)13-6-7-15(20)16(21)8-13;;/h6-12H,2-5H2,1H3;1H4;1H. The Hall–Kier alpha value is -1.84. The second-order valence-corrected chi connectivity index (χ2v) is 6.45. The van der Waals surface area contributed by atoms with Crippen molar-refractivity contribution in [3.05, 3.63) is 59.2 Å². The molecule has 1 fully saturated rings. The minimum Gasteiger partial charge on any atom is -0.206 e. The third kappa shape index (κ3) is 3.63. The van der Waals surface area contributed by atoms with E-state index in [4.69, 9.17) is 0 Å². The highest BCUT2D eigenvalue weighted by molar-refractivity contribution is 5.65. The Balaban J connectivity index is 0.00000156. The van der Waals surface area contributed by atoms with Crippen molar-refractivity contribution in [1.82, 2.24) is 0 Å². The summed E-state index contributed by atoms with van der Waals surface area (Å²) in [5.41, 5.74) is 0.345. The lowest BCUT2D eigenvalue weighted by molar-refractivity contribution is 0.346. The molecule has 132 valence electrons. The number of rotatable bonds is 2. The van der Waals surface area contributed by atoms with Crippen LogP contribution in [-0.2, 0) is 0 Å². The van der Waals surface area contributed by atoms with Crippen molar-refractivity contribution in [3.63, 3.8) is 0 Å². The van der Waals surface area contributed by atoms with Crippen LogP contribution in [-0.4, -0.2) is 0 Å². The van der Waals surface area contributed by atoms with E-state index in [-0.39, 0.29) is 25.9 Å². The lowest BCUT2D eigenvalue weighted by Gasteiger charge is -2.26. The Morgan fingerprint density at radius 1 is 0.792 bits per heavy atom. The van der Waals surface area contributed by atoms with Crippen LogP contribution in [0.25, 0.3) is 11.1 Å². The Bertz CT molecular complexity index is 699. The summed E-state index contributed by atoms with van der Waals surface area (Å²) in [6.07, 6.45) is 3.95. The quantitative estimate of drug-likeness (QED) is 0.512. The molecule has 0 radical (unpaired) electrons. The van der Waals surface area contributed by atoms with E-state index in [2.05, 4.69) is 6.92 Å². The second-order valence-electron chi connectivity index (χ2n) is 6.45. The van der Waals surface area contributed by atoms with Crippen molar-refractivity contribution < 1.29 is 19.0 Å². The van der Waals surface area contributed by atoms with Gasteiger partial charge in [-0.05, 0) is 60.1 Å². The zero-order valence-corrected chi connectivity index (χ0v) is 12.9. The highest BCUT2D eigenvalue weighted by atomic mass is 19.2. The molecule has 2 aromatic rings. The summed E-state index contributed by atoms with van der Waals surface area (Å²) in [4.78, 5) is 0. The molecule has 4 heteroatoms. The molecular weight excluding hydrogens is 316 g/mol. The minimum atomic E-state index is -1.12. The van der Waals surface area contributed by atoms with Crippen LogP contribution < -0.4 is 0 Å². The summed E-state index contributed by atoms with van der Waals surface area (Å²) in [5, 5.41) is 0. The summed E-state index contributed by atoms with van der Waals surface area (Å²) >= 11 is 0. The molecule has 0 saturated heterocycles. The maximum absolute atomic E-state index is 14.4. The van der Waals surface area contributed by atoms with Gasteiger partial charge in [0, 0.05) is 1.43 Å². The molecule has 0 aromatic heterocycles. The molecule has 1 aliphatic carbocycles. The SMILES string of the molecule is C.CC1CCC(c2cc(F)c(-c3ccc(F)c(F)c3)c(F)c2)CC1.[HH]. The first kappa shape index (κ1) is 18.5. The molecule has 0 heterocycles. The fraction of sp³-hybridized carbons (Fsp3) is 0.400. The Kier molecular flexibility index (Phi) is 5.68. The average Bonchev–Trinajstić information content (AvgIpc) is 2.51. The third-order valence-corrected chi connectivity index (χ3v) is 4.76. The van der Waals surface area contributed by atoms with Crippen molar-refractivity contribution in [2.24, 2.45) is 5.92 Å². The molecule has 3 rings (SSSR count). The van der Waals surface area contributed by atoms with Crippen molar-refractivity contribution in [2.45, 2.75) is 46.0 Å². The Labute approximate surface area is 142 Å². The number of hydrogen-bond donors (Lipinski definition) is 0. The minimum absolute atomic E-state index is 0. The van der Waals surface area contributed by atoms with E-state index in [0.29, 0.717) is 11.5 Å². The van der Waals surface area contributed by atoms with Crippen molar-refractivity contribution in [3.8, 4) is 11.1 Å². The van der Waals surface area contributed by atoms with Crippen LogP contribution in [0.1, 0.15) is 52.9 Å². The smallest absolute Gasteiger partial charge is 0.159 e. The van der Waals surface area contributed by atoms with Crippen LogP contribution in [0.3, 0.4) is 0 Å². The largest absolute Gasteiger partial charge is 0.206 e. The van der Waals surface area contributed by atoms with Gasteiger partial charge in [0.05, 0.1) is 5.56 Å². The monoisotopic (exact) mass is 340 g/mol. The predicted octanol–water partition coefficient (Wildman–Crippen LogP) is 7.09. The first-order valence-electron chi connectivity index (χ1n) is 7.90. The summed E-state index contributed by atoms with van der Waals surface area (Å²) < 4.78 is 55.1. The number of hydrogen-bond acceptors (Lipinski definition) is 0. The molecule has 1 saturated carbocycles. The predicted molar refractivity (Wildman–Crippen MR) is 90.9 cm³/mol. The fourth-order valence-electron chi connectivity index (χ4n) is 3.35. The lowest BCUT2D eigenvalue weighted by atomic mass is 9.79. The van der Waals surface area contributed by atoms with E-state index in [1.165, 1.54) is 18.2 Å². The fourth-order valence-corrected chi connectivity index (χ4v) is 3.35. The highest BCUT2D eigenvalue weighted by Gasteiger charge is 2.23. The molecule has 0 spiro atoms. The van der Waals surface area contributed by atoms with E-state index in [1.807, 2.05) is 0 Å².